The summed E-state index contributed by atoms with van der Waals surface area (Å²) in [7, 11) is 0. The number of anilines is 1. The van der Waals surface area contributed by atoms with E-state index in [0.29, 0.717) is 5.75 Å². The average molecular weight is 614 g/mol. The summed E-state index contributed by atoms with van der Waals surface area (Å²) >= 11 is 0. The van der Waals surface area contributed by atoms with Crippen molar-refractivity contribution < 1.29 is 14.3 Å². The molecule has 0 radical (unpaired) electrons. The van der Waals surface area contributed by atoms with Crippen molar-refractivity contribution in [3.63, 3.8) is 0 Å². The maximum atomic E-state index is 11.3. The minimum atomic E-state index is -0.764. The van der Waals surface area contributed by atoms with E-state index < -0.39 is 5.60 Å². The van der Waals surface area contributed by atoms with E-state index in [0.717, 1.165) is 63.2 Å². The fraction of sp³-hybridized carbons (Fsp3) is 0.140. The van der Waals surface area contributed by atoms with Crippen LogP contribution in [0, 0.1) is 0 Å². The van der Waals surface area contributed by atoms with Crippen molar-refractivity contribution in [1.82, 2.24) is 0 Å². The highest BCUT2D eigenvalue weighted by Gasteiger charge is 2.37. The van der Waals surface area contributed by atoms with Gasteiger partial charge in [-0.05, 0) is 88.4 Å². The van der Waals surface area contributed by atoms with Gasteiger partial charge in [-0.2, -0.15) is 0 Å². The van der Waals surface area contributed by atoms with Crippen LogP contribution >= 0.6 is 0 Å². The zero-order valence-corrected chi connectivity index (χ0v) is 26.4. The molecule has 47 heavy (non-hydrogen) atoms. The van der Waals surface area contributed by atoms with Gasteiger partial charge in [-0.25, -0.2) is 0 Å². The van der Waals surface area contributed by atoms with Gasteiger partial charge in [-0.1, -0.05) is 103 Å². The van der Waals surface area contributed by atoms with E-state index in [1.165, 1.54) is 30.8 Å². The first kappa shape index (κ1) is 28.8. The summed E-state index contributed by atoms with van der Waals surface area (Å²) < 4.78 is 12.4. The monoisotopic (exact) mass is 613 g/mol. The molecule has 6 aromatic rings. The normalized spacial score (nSPS) is 16.9. The van der Waals surface area contributed by atoms with Gasteiger partial charge in [-0.15, -0.1) is 0 Å². The Morgan fingerprint density at radius 2 is 1.28 bits per heavy atom. The molecule has 0 saturated carbocycles. The standard InChI is InChI=1S/C43H35NO3/c1-30(45)46-37-23-17-32(18-24-37)31-13-15-33(16-14-31)41-29-42-40(38-11-5-6-12-39(38)41)25-26-43(47-42,34-9-3-2-4-10-34)35-19-21-36(22-20-35)44-27-7-8-28-44/h2-6,9-26,29H,7-8,27-28H2,1H3. The van der Waals surface area contributed by atoms with E-state index in [1.807, 2.05) is 24.3 Å². The molecule has 2 aliphatic rings. The molecule has 6 aromatic carbocycles. The third-order valence-electron chi connectivity index (χ3n) is 9.42. The summed E-state index contributed by atoms with van der Waals surface area (Å²) in [6, 6.07) is 46.5. The van der Waals surface area contributed by atoms with Crippen molar-refractivity contribution >= 4 is 28.5 Å². The molecule has 0 N–H and O–H groups in total. The van der Waals surface area contributed by atoms with Gasteiger partial charge in [0.1, 0.15) is 11.5 Å². The second kappa shape index (κ2) is 12.0. The summed E-state index contributed by atoms with van der Waals surface area (Å²) in [5.74, 6) is 1.08. The molecule has 1 atom stereocenters. The van der Waals surface area contributed by atoms with Gasteiger partial charge in [0.2, 0.25) is 0 Å². The highest BCUT2D eigenvalue weighted by atomic mass is 16.5. The Kier molecular flexibility index (Phi) is 7.34. The number of hydrogen-bond acceptors (Lipinski definition) is 4. The van der Waals surface area contributed by atoms with Crippen molar-refractivity contribution in [2.24, 2.45) is 0 Å². The zero-order valence-electron chi connectivity index (χ0n) is 26.4. The van der Waals surface area contributed by atoms with Gasteiger partial charge in [0.25, 0.3) is 0 Å². The van der Waals surface area contributed by atoms with Crippen molar-refractivity contribution in [3.05, 3.63) is 156 Å². The van der Waals surface area contributed by atoms with Crippen LogP contribution in [-0.2, 0) is 10.4 Å². The molecule has 0 amide bonds. The molecular formula is C43H35NO3. The van der Waals surface area contributed by atoms with Crippen LogP contribution in [-0.4, -0.2) is 19.1 Å². The van der Waals surface area contributed by atoms with Crippen LogP contribution in [0.4, 0.5) is 5.69 Å². The predicted molar refractivity (Wildman–Crippen MR) is 191 cm³/mol. The largest absolute Gasteiger partial charge is 0.473 e. The molecular weight excluding hydrogens is 578 g/mol. The lowest BCUT2D eigenvalue weighted by Crippen LogP contribution is -2.34. The summed E-state index contributed by atoms with van der Waals surface area (Å²) in [6.45, 7) is 3.64. The molecule has 0 bridgehead atoms. The maximum absolute atomic E-state index is 11.3. The Balaban J connectivity index is 1.19. The quantitative estimate of drug-likeness (QED) is 0.138. The Morgan fingerprint density at radius 3 is 1.96 bits per heavy atom. The number of hydrogen-bond donors (Lipinski definition) is 0. The topological polar surface area (TPSA) is 38.8 Å². The summed E-state index contributed by atoms with van der Waals surface area (Å²) in [6.07, 6.45) is 6.97. The molecule has 4 nitrogen and oxygen atoms in total. The second-order valence-electron chi connectivity index (χ2n) is 12.4. The second-order valence-corrected chi connectivity index (χ2v) is 12.4. The van der Waals surface area contributed by atoms with Crippen molar-refractivity contribution in [2.75, 3.05) is 18.0 Å². The number of benzene rings is 6. The number of rotatable bonds is 6. The Morgan fingerprint density at radius 1 is 0.681 bits per heavy atom. The fourth-order valence-electron chi connectivity index (χ4n) is 7.06. The van der Waals surface area contributed by atoms with Crippen LogP contribution in [0.5, 0.6) is 11.5 Å². The van der Waals surface area contributed by atoms with Gasteiger partial charge in [0.15, 0.2) is 5.60 Å². The van der Waals surface area contributed by atoms with Gasteiger partial charge in [0.05, 0.1) is 0 Å². The van der Waals surface area contributed by atoms with Crippen LogP contribution in [0.1, 0.15) is 36.5 Å². The average Bonchev–Trinajstić information content (AvgIpc) is 3.67. The Labute approximate surface area is 275 Å². The minimum absolute atomic E-state index is 0.324. The smallest absolute Gasteiger partial charge is 0.308 e. The fourth-order valence-corrected chi connectivity index (χ4v) is 7.06. The molecule has 2 heterocycles. The molecule has 2 aliphatic heterocycles. The lowest BCUT2D eigenvalue weighted by Gasteiger charge is -2.37. The lowest BCUT2D eigenvalue weighted by atomic mass is 9.82. The highest BCUT2D eigenvalue weighted by molar-refractivity contribution is 6.03. The Bertz CT molecular complexity index is 2090. The van der Waals surface area contributed by atoms with Gasteiger partial charge in [0, 0.05) is 42.4 Å². The van der Waals surface area contributed by atoms with Crippen LogP contribution in [0.3, 0.4) is 0 Å². The summed E-state index contributed by atoms with van der Waals surface area (Å²) in [5, 5.41) is 2.34. The van der Waals surface area contributed by atoms with Crippen LogP contribution in [0.15, 0.2) is 140 Å². The van der Waals surface area contributed by atoms with E-state index >= 15 is 0 Å². The van der Waals surface area contributed by atoms with Gasteiger partial charge in [-0.3, -0.25) is 4.79 Å². The highest BCUT2D eigenvalue weighted by Crippen LogP contribution is 2.47. The van der Waals surface area contributed by atoms with E-state index in [9.17, 15) is 4.79 Å². The number of fused-ring (bicyclic) bond motifs is 3. The first-order chi connectivity index (χ1) is 23.1. The third-order valence-corrected chi connectivity index (χ3v) is 9.42. The van der Waals surface area contributed by atoms with E-state index in [-0.39, 0.29) is 5.97 Å². The summed E-state index contributed by atoms with van der Waals surface area (Å²) in [4.78, 5) is 13.8. The molecule has 0 aromatic heterocycles. The van der Waals surface area contributed by atoms with Crippen LogP contribution in [0.25, 0.3) is 39.1 Å². The first-order valence-corrected chi connectivity index (χ1v) is 16.3. The molecule has 1 unspecified atom stereocenters. The molecule has 1 fully saturated rings. The number of carbonyl (C=O) groups is 1. The van der Waals surface area contributed by atoms with Crippen LogP contribution < -0.4 is 14.4 Å². The van der Waals surface area contributed by atoms with E-state index in [1.54, 1.807) is 0 Å². The predicted octanol–water partition coefficient (Wildman–Crippen LogP) is 10.0. The molecule has 8 rings (SSSR count). The SMILES string of the molecule is CC(=O)Oc1ccc(-c2ccc(-c3cc4c(c5ccccc35)C=CC(c3ccccc3)(c3ccc(N5CCCC5)cc3)O4)cc2)cc1. The van der Waals surface area contributed by atoms with Gasteiger partial charge < -0.3 is 14.4 Å². The van der Waals surface area contributed by atoms with Crippen molar-refractivity contribution in [1.29, 1.82) is 0 Å². The Hall–Kier alpha value is -5.61. The lowest BCUT2D eigenvalue weighted by molar-refractivity contribution is -0.131. The van der Waals surface area contributed by atoms with E-state index in [4.69, 9.17) is 9.47 Å². The third kappa shape index (κ3) is 5.36. The van der Waals surface area contributed by atoms with E-state index in [2.05, 4.69) is 126 Å². The minimum Gasteiger partial charge on any atom is -0.473 e. The number of nitrogens with zero attached hydrogens (tertiary/aromatic N) is 1. The maximum Gasteiger partial charge on any atom is 0.308 e. The molecule has 4 heteroatoms. The molecule has 1 saturated heterocycles. The number of esters is 1. The number of carbonyl (C=O) groups excluding carboxylic acids is 1. The van der Waals surface area contributed by atoms with Gasteiger partial charge >= 0.3 is 5.97 Å². The number of ether oxygens (including phenoxy) is 2. The molecule has 0 spiro atoms. The van der Waals surface area contributed by atoms with Crippen molar-refractivity contribution in [3.8, 4) is 33.8 Å². The van der Waals surface area contributed by atoms with Crippen molar-refractivity contribution in [2.45, 2.75) is 25.4 Å². The molecule has 230 valence electrons. The first-order valence-electron chi connectivity index (χ1n) is 16.3. The molecule has 0 aliphatic carbocycles. The van der Waals surface area contributed by atoms with Crippen LogP contribution in [0.2, 0.25) is 0 Å². The zero-order chi connectivity index (χ0) is 31.8. The summed E-state index contributed by atoms with van der Waals surface area (Å²) in [5.41, 5.74) is 8.17.